The minimum Gasteiger partial charge on any atom is -0.494 e. The van der Waals surface area contributed by atoms with Crippen molar-refractivity contribution in [2.75, 3.05) is 6.61 Å². The monoisotopic (exact) mass is 484 g/mol. The van der Waals surface area contributed by atoms with Crippen LogP contribution >= 0.6 is 15.9 Å². The molecular formula is C23H18BrFN2O4. The van der Waals surface area contributed by atoms with Crippen molar-refractivity contribution in [3.05, 3.63) is 93.7 Å². The molecule has 0 spiro atoms. The lowest BCUT2D eigenvalue weighted by molar-refractivity contribution is 0.0734. The normalized spacial score (nSPS) is 10.7. The highest BCUT2D eigenvalue weighted by atomic mass is 79.9. The summed E-state index contributed by atoms with van der Waals surface area (Å²) in [7, 11) is 0. The quantitative estimate of drug-likeness (QED) is 0.222. The third-order valence-corrected chi connectivity index (χ3v) is 4.54. The molecule has 3 rings (SSSR count). The maximum absolute atomic E-state index is 13.0. The Kier molecular flexibility index (Phi) is 7.50. The van der Waals surface area contributed by atoms with Crippen LogP contribution in [0.25, 0.3) is 0 Å². The second-order valence-corrected chi connectivity index (χ2v) is 7.15. The number of amides is 1. The lowest BCUT2D eigenvalue weighted by Gasteiger charge is -2.09. The number of halogens is 2. The summed E-state index contributed by atoms with van der Waals surface area (Å²) in [6, 6.07) is 16.7. The van der Waals surface area contributed by atoms with E-state index in [2.05, 4.69) is 26.5 Å². The Morgan fingerprint density at radius 3 is 2.39 bits per heavy atom. The lowest BCUT2D eigenvalue weighted by Crippen LogP contribution is -2.17. The SMILES string of the molecule is CCOc1ccc(C(=O)Oc2ccc(Br)cc2/C=N/NC(=O)c2ccc(F)cc2)cc1. The molecule has 0 unspecified atom stereocenters. The van der Waals surface area contributed by atoms with Crippen molar-refractivity contribution in [3.8, 4) is 11.5 Å². The van der Waals surface area contributed by atoms with Gasteiger partial charge in [-0.2, -0.15) is 5.10 Å². The molecule has 0 atom stereocenters. The molecule has 0 aliphatic rings. The summed E-state index contributed by atoms with van der Waals surface area (Å²) in [5, 5.41) is 3.91. The van der Waals surface area contributed by atoms with E-state index in [1.165, 1.54) is 30.5 Å². The van der Waals surface area contributed by atoms with E-state index in [0.717, 1.165) is 4.47 Å². The van der Waals surface area contributed by atoms with Gasteiger partial charge in [-0.15, -0.1) is 0 Å². The molecular weight excluding hydrogens is 467 g/mol. The van der Waals surface area contributed by atoms with Gasteiger partial charge < -0.3 is 9.47 Å². The fourth-order valence-corrected chi connectivity index (χ4v) is 2.93. The first kappa shape index (κ1) is 22.2. The van der Waals surface area contributed by atoms with Crippen molar-refractivity contribution in [1.29, 1.82) is 0 Å². The van der Waals surface area contributed by atoms with E-state index in [1.807, 2.05) is 6.92 Å². The first-order valence-electron chi connectivity index (χ1n) is 9.30. The summed E-state index contributed by atoms with van der Waals surface area (Å²) in [6.45, 7) is 2.41. The first-order chi connectivity index (χ1) is 15.0. The van der Waals surface area contributed by atoms with Crippen LogP contribution in [0.1, 0.15) is 33.2 Å². The van der Waals surface area contributed by atoms with Crippen LogP contribution in [0.4, 0.5) is 4.39 Å². The van der Waals surface area contributed by atoms with Gasteiger partial charge in [-0.1, -0.05) is 15.9 Å². The second kappa shape index (κ2) is 10.5. The maximum atomic E-state index is 13.0. The first-order valence-corrected chi connectivity index (χ1v) is 10.1. The van der Waals surface area contributed by atoms with Gasteiger partial charge in [0.1, 0.15) is 17.3 Å². The van der Waals surface area contributed by atoms with Gasteiger partial charge in [0.2, 0.25) is 0 Å². The molecule has 158 valence electrons. The topological polar surface area (TPSA) is 77.0 Å². The number of esters is 1. The molecule has 1 amide bonds. The van der Waals surface area contributed by atoms with E-state index in [-0.39, 0.29) is 11.3 Å². The minimum absolute atomic E-state index is 0.259. The van der Waals surface area contributed by atoms with E-state index < -0.39 is 17.7 Å². The number of nitrogens with one attached hydrogen (secondary N) is 1. The molecule has 0 heterocycles. The van der Waals surface area contributed by atoms with Crippen LogP contribution < -0.4 is 14.9 Å². The predicted octanol–water partition coefficient (Wildman–Crippen LogP) is 4.97. The van der Waals surface area contributed by atoms with Crippen LogP contribution in [0.15, 0.2) is 76.3 Å². The van der Waals surface area contributed by atoms with E-state index in [1.54, 1.807) is 42.5 Å². The fourth-order valence-electron chi connectivity index (χ4n) is 2.55. The lowest BCUT2D eigenvalue weighted by atomic mass is 10.2. The smallest absolute Gasteiger partial charge is 0.343 e. The fraction of sp³-hybridized carbons (Fsp3) is 0.0870. The summed E-state index contributed by atoms with van der Waals surface area (Å²) in [5.74, 6) is -0.558. The Morgan fingerprint density at radius 1 is 1.03 bits per heavy atom. The Balaban J connectivity index is 1.71. The summed E-state index contributed by atoms with van der Waals surface area (Å²) in [4.78, 5) is 24.6. The van der Waals surface area contributed by atoms with Crippen molar-refractivity contribution in [2.24, 2.45) is 5.10 Å². The van der Waals surface area contributed by atoms with E-state index in [9.17, 15) is 14.0 Å². The summed E-state index contributed by atoms with van der Waals surface area (Å²) in [5.41, 5.74) is 3.44. The summed E-state index contributed by atoms with van der Waals surface area (Å²) in [6.07, 6.45) is 1.35. The Morgan fingerprint density at radius 2 is 1.71 bits per heavy atom. The van der Waals surface area contributed by atoms with Crippen molar-refractivity contribution in [3.63, 3.8) is 0 Å². The molecule has 0 aromatic heterocycles. The molecule has 0 aliphatic carbocycles. The molecule has 6 nitrogen and oxygen atoms in total. The molecule has 0 fully saturated rings. The Labute approximate surface area is 186 Å². The van der Waals surface area contributed by atoms with Crippen LogP contribution in [0, 0.1) is 5.82 Å². The molecule has 0 saturated heterocycles. The number of hydrogen-bond donors (Lipinski definition) is 1. The van der Waals surface area contributed by atoms with Crippen LogP contribution in [-0.2, 0) is 0 Å². The minimum atomic E-state index is -0.546. The van der Waals surface area contributed by atoms with Gasteiger partial charge in [-0.25, -0.2) is 14.6 Å². The van der Waals surface area contributed by atoms with Crippen LogP contribution in [0.5, 0.6) is 11.5 Å². The maximum Gasteiger partial charge on any atom is 0.343 e. The average molecular weight is 485 g/mol. The van der Waals surface area contributed by atoms with Crippen molar-refractivity contribution < 1.29 is 23.5 Å². The van der Waals surface area contributed by atoms with E-state index in [4.69, 9.17) is 9.47 Å². The Bertz CT molecular complexity index is 1100. The largest absolute Gasteiger partial charge is 0.494 e. The van der Waals surface area contributed by atoms with Gasteiger partial charge in [-0.3, -0.25) is 4.79 Å². The number of carbonyl (C=O) groups excluding carboxylic acids is 2. The van der Waals surface area contributed by atoms with Gasteiger partial charge in [0.15, 0.2) is 0 Å². The second-order valence-electron chi connectivity index (χ2n) is 6.24. The number of rotatable bonds is 7. The molecule has 3 aromatic rings. The third-order valence-electron chi connectivity index (χ3n) is 4.05. The van der Waals surface area contributed by atoms with Crippen LogP contribution in [-0.4, -0.2) is 24.7 Å². The zero-order valence-electron chi connectivity index (χ0n) is 16.5. The standard InChI is InChI=1S/C23H18BrFN2O4/c1-2-30-20-10-5-16(6-11-20)23(29)31-21-12-7-18(24)13-17(21)14-26-27-22(28)15-3-8-19(25)9-4-15/h3-14H,2H2,1H3,(H,27,28)/b26-14+. The number of carbonyl (C=O) groups is 2. The molecule has 1 N–H and O–H groups in total. The molecule has 3 aromatic carbocycles. The summed E-state index contributed by atoms with van der Waals surface area (Å²) < 4.78 is 24.6. The number of hydrazone groups is 1. The third kappa shape index (κ3) is 6.23. The zero-order chi connectivity index (χ0) is 22.2. The molecule has 8 heteroatoms. The highest BCUT2D eigenvalue weighted by molar-refractivity contribution is 9.10. The average Bonchev–Trinajstić information content (AvgIpc) is 2.76. The molecule has 0 aliphatic heterocycles. The highest BCUT2D eigenvalue weighted by Crippen LogP contribution is 2.23. The van der Waals surface area contributed by atoms with Gasteiger partial charge in [0, 0.05) is 15.6 Å². The van der Waals surface area contributed by atoms with Gasteiger partial charge in [-0.05, 0) is 73.7 Å². The molecule has 31 heavy (non-hydrogen) atoms. The summed E-state index contributed by atoms with van der Waals surface area (Å²) >= 11 is 3.36. The zero-order valence-corrected chi connectivity index (χ0v) is 18.1. The van der Waals surface area contributed by atoms with E-state index >= 15 is 0 Å². The number of ether oxygens (including phenoxy) is 2. The van der Waals surface area contributed by atoms with Gasteiger partial charge in [0.25, 0.3) is 5.91 Å². The number of hydrogen-bond acceptors (Lipinski definition) is 5. The molecule has 0 bridgehead atoms. The van der Waals surface area contributed by atoms with Crippen LogP contribution in [0.2, 0.25) is 0 Å². The van der Waals surface area contributed by atoms with Gasteiger partial charge >= 0.3 is 5.97 Å². The van der Waals surface area contributed by atoms with Crippen molar-refractivity contribution >= 4 is 34.0 Å². The number of nitrogens with zero attached hydrogens (tertiary/aromatic N) is 1. The number of benzene rings is 3. The molecule has 0 saturated carbocycles. The highest BCUT2D eigenvalue weighted by Gasteiger charge is 2.12. The van der Waals surface area contributed by atoms with Gasteiger partial charge in [0.05, 0.1) is 18.4 Å². The van der Waals surface area contributed by atoms with Crippen molar-refractivity contribution in [2.45, 2.75) is 6.92 Å². The van der Waals surface area contributed by atoms with Crippen molar-refractivity contribution in [1.82, 2.24) is 5.43 Å². The Hall–Kier alpha value is -3.52. The van der Waals surface area contributed by atoms with Crippen LogP contribution in [0.3, 0.4) is 0 Å². The predicted molar refractivity (Wildman–Crippen MR) is 118 cm³/mol. The molecule has 0 radical (unpaired) electrons. The van der Waals surface area contributed by atoms with E-state index in [0.29, 0.717) is 23.5 Å².